The summed E-state index contributed by atoms with van der Waals surface area (Å²) in [6.07, 6.45) is 3.12. The molecule has 8 heteroatoms. The van der Waals surface area contributed by atoms with Crippen LogP contribution in [0, 0.1) is 5.92 Å². The minimum absolute atomic E-state index is 0.0259. The molecule has 1 aliphatic rings. The number of likely N-dealkylation sites (tertiary alicyclic amines) is 1. The number of primary amides is 1. The fraction of sp³-hybridized carbons (Fsp3) is 0.429. The van der Waals surface area contributed by atoms with Crippen molar-refractivity contribution in [2.45, 2.75) is 17.9 Å². The molecule has 0 bridgehead atoms. The number of thiophene rings is 1. The highest BCUT2D eigenvalue weighted by Crippen LogP contribution is 2.28. The molecule has 2 N–H and O–H groups in total. The van der Waals surface area contributed by atoms with Crippen molar-refractivity contribution in [2.24, 2.45) is 11.7 Å². The first-order valence-corrected chi connectivity index (χ1v) is 8.90. The van der Waals surface area contributed by atoms with E-state index in [1.165, 1.54) is 18.1 Å². The molecule has 2 aromatic heterocycles. The summed E-state index contributed by atoms with van der Waals surface area (Å²) in [6, 6.07) is 1.97. The highest BCUT2D eigenvalue weighted by atomic mass is 32.2. The number of rotatable bonds is 4. The van der Waals surface area contributed by atoms with E-state index in [1.54, 1.807) is 16.2 Å². The summed E-state index contributed by atoms with van der Waals surface area (Å²) in [5.41, 5.74) is 5.35. The minimum Gasteiger partial charge on any atom is -0.369 e. The molecule has 1 fully saturated rings. The van der Waals surface area contributed by atoms with Gasteiger partial charge in [0.25, 0.3) is 0 Å². The average molecular weight is 336 g/mol. The van der Waals surface area contributed by atoms with Crippen molar-refractivity contribution in [3.05, 3.63) is 17.8 Å². The van der Waals surface area contributed by atoms with E-state index < -0.39 is 0 Å². The Hall–Kier alpha value is -1.67. The summed E-state index contributed by atoms with van der Waals surface area (Å²) in [6.45, 7) is 1.13. The normalized spacial score (nSPS) is 18.5. The van der Waals surface area contributed by atoms with Crippen molar-refractivity contribution < 1.29 is 9.59 Å². The van der Waals surface area contributed by atoms with Crippen LogP contribution in [-0.4, -0.2) is 45.5 Å². The Morgan fingerprint density at radius 2 is 2.32 bits per heavy atom. The van der Waals surface area contributed by atoms with E-state index >= 15 is 0 Å². The van der Waals surface area contributed by atoms with E-state index in [4.69, 9.17) is 5.73 Å². The highest BCUT2D eigenvalue weighted by Gasteiger charge is 2.26. The van der Waals surface area contributed by atoms with Crippen LogP contribution < -0.4 is 5.73 Å². The van der Waals surface area contributed by atoms with Gasteiger partial charge in [0.15, 0.2) is 0 Å². The van der Waals surface area contributed by atoms with Gasteiger partial charge in [-0.15, -0.1) is 11.3 Å². The number of carbonyl (C=O) groups excluding carboxylic acids is 2. The molecule has 1 unspecified atom stereocenters. The van der Waals surface area contributed by atoms with Gasteiger partial charge >= 0.3 is 0 Å². The first-order chi connectivity index (χ1) is 10.6. The van der Waals surface area contributed by atoms with Crippen LogP contribution in [0.25, 0.3) is 10.2 Å². The number of amides is 2. The zero-order chi connectivity index (χ0) is 15.5. The van der Waals surface area contributed by atoms with Gasteiger partial charge in [-0.1, -0.05) is 11.8 Å². The fourth-order valence-corrected chi connectivity index (χ4v) is 4.22. The van der Waals surface area contributed by atoms with Gasteiger partial charge in [-0.3, -0.25) is 9.59 Å². The predicted molar refractivity (Wildman–Crippen MR) is 86.6 cm³/mol. The molecule has 0 radical (unpaired) electrons. The monoisotopic (exact) mass is 336 g/mol. The lowest BCUT2D eigenvalue weighted by Gasteiger charge is -2.31. The smallest absolute Gasteiger partial charge is 0.233 e. The van der Waals surface area contributed by atoms with Crippen molar-refractivity contribution >= 4 is 45.1 Å². The van der Waals surface area contributed by atoms with Gasteiger partial charge in [0, 0.05) is 18.5 Å². The van der Waals surface area contributed by atoms with E-state index in [0.717, 1.165) is 28.1 Å². The molecular weight excluding hydrogens is 320 g/mol. The quantitative estimate of drug-likeness (QED) is 0.675. The van der Waals surface area contributed by atoms with Gasteiger partial charge in [-0.25, -0.2) is 9.97 Å². The number of thioether (sulfide) groups is 1. The van der Waals surface area contributed by atoms with Crippen LogP contribution in [0.3, 0.4) is 0 Å². The van der Waals surface area contributed by atoms with Crippen molar-refractivity contribution in [1.82, 2.24) is 14.9 Å². The molecule has 1 atom stereocenters. The van der Waals surface area contributed by atoms with E-state index in [2.05, 4.69) is 9.97 Å². The maximum atomic E-state index is 12.3. The standard InChI is InChI=1S/C14H16N4O2S2/c15-12(20)9-2-1-4-18(6-9)11(19)7-22-14-10-3-5-21-13(10)16-8-17-14/h3,5,8-9H,1-2,4,6-7H2,(H2,15,20). The van der Waals surface area contributed by atoms with E-state index in [9.17, 15) is 9.59 Å². The van der Waals surface area contributed by atoms with Crippen LogP contribution in [0.15, 0.2) is 22.8 Å². The molecule has 3 rings (SSSR count). The molecule has 0 aromatic carbocycles. The van der Waals surface area contributed by atoms with Gasteiger partial charge in [0.05, 0.1) is 11.7 Å². The van der Waals surface area contributed by atoms with E-state index in [1.807, 2.05) is 11.4 Å². The molecule has 6 nitrogen and oxygen atoms in total. The van der Waals surface area contributed by atoms with Gasteiger partial charge in [-0.2, -0.15) is 0 Å². The number of piperidine rings is 1. The molecule has 0 spiro atoms. The van der Waals surface area contributed by atoms with Crippen LogP contribution in [0.4, 0.5) is 0 Å². The Labute approximate surface area is 136 Å². The van der Waals surface area contributed by atoms with Crippen LogP contribution in [0.5, 0.6) is 0 Å². The highest BCUT2D eigenvalue weighted by molar-refractivity contribution is 8.00. The van der Waals surface area contributed by atoms with E-state index in [0.29, 0.717) is 18.8 Å². The number of hydrogen-bond acceptors (Lipinski definition) is 6. The molecular formula is C14H16N4O2S2. The Bertz CT molecular complexity index is 703. The lowest BCUT2D eigenvalue weighted by Crippen LogP contribution is -2.44. The van der Waals surface area contributed by atoms with Gasteiger partial charge in [0.1, 0.15) is 16.2 Å². The molecule has 2 aromatic rings. The number of nitrogens with zero attached hydrogens (tertiary/aromatic N) is 3. The first kappa shape index (κ1) is 15.2. The third-order valence-corrected chi connectivity index (χ3v) is 5.54. The second-order valence-corrected chi connectivity index (χ2v) is 7.05. The molecule has 1 aliphatic heterocycles. The van der Waals surface area contributed by atoms with Crippen LogP contribution in [-0.2, 0) is 9.59 Å². The Morgan fingerprint density at radius 1 is 1.45 bits per heavy atom. The summed E-state index contributed by atoms with van der Waals surface area (Å²) in [4.78, 5) is 34.7. The van der Waals surface area contributed by atoms with Crippen molar-refractivity contribution in [1.29, 1.82) is 0 Å². The molecule has 22 heavy (non-hydrogen) atoms. The Balaban J connectivity index is 1.62. The number of carbonyl (C=O) groups is 2. The summed E-state index contributed by atoms with van der Waals surface area (Å²) >= 11 is 2.97. The maximum absolute atomic E-state index is 12.3. The number of aromatic nitrogens is 2. The number of nitrogens with two attached hydrogens (primary N) is 1. The van der Waals surface area contributed by atoms with Crippen molar-refractivity contribution in [3.63, 3.8) is 0 Å². The topological polar surface area (TPSA) is 89.2 Å². The summed E-state index contributed by atoms with van der Waals surface area (Å²) in [5.74, 6) is -0.197. The van der Waals surface area contributed by atoms with Crippen molar-refractivity contribution in [3.8, 4) is 0 Å². The number of fused-ring (bicyclic) bond motifs is 1. The summed E-state index contributed by atoms with van der Waals surface area (Å²) < 4.78 is 0. The summed E-state index contributed by atoms with van der Waals surface area (Å²) in [7, 11) is 0. The minimum atomic E-state index is -0.319. The van der Waals surface area contributed by atoms with Gasteiger partial charge < -0.3 is 10.6 Å². The molecule has 1 saturated heterocycles. The third kappa shape index (κ3) is 3.22. The van der Waals surface area contributed by atoms with E-state index in [-0.39, 0.29) is 17.7 Å². The molecule has 0 aliphatic carbocycles. The molecule has 116 valence electrons. The predicted octanol–water partition coefficient (Wildman–Crippen LogP) is 1.51. The lowest BCUT2D eigenvalue weighted by molar-refractivity contribution is -0.132. The largest absolute Gasteiger partial charge is 0.369 e. The zero-order valence-corrected chi connectivity index (χ0v) is 13.5. The maximum Gasteiger partial charge on any atom is 0.233 e. The van der Waals surface area contributed by atoms with Gasteiger partial charge in [-0.05, 0) is 24.3 Å². The van der Waals surface area contributed by atoms with Crippen LogP contribution >= 0.6 is 23.1 Å². The van der Waals surface area contributed by atoms with Crippen LogP contribution in [0.1, 0.15) is 12.8 Å². The SMILES string of the molecule is NC(=O)C1CCCN(C(=O)CSc2ncnc3sccc23)C1. The molecule has 2 amide bonds. The second kappa shape index (κ2) is 6.62. The van der Waals surface area contributed by atoms with Crippen molar-refractivity contribution in [2.75, 3.05) is 18.8 Å². The lowest BCUT2D eigenvalue weighted by atomic mass is 9.97. The molecule has 3 heterocycles. The Morgan fingerprint density at radius 3 is 3.14 bits per heavy atom. The molecule has 0 saturated carbocycles. The van der Waals surface area contributed by atoms with Crippen LogP contribution in [0.2, 0.25) is 0 Å². The second-order valence-electron chi connectivity index (χ2n) is 5.19. The fourth-order valence-electron chi connectivity index (χ4n) is 2.54. The summed E-state index contributed by atoms with van der Waals surface area (Å²) in [5, 5.41) is 3.77. The third-order valence-electron chi connectivity index (χ3n) is 3.73. The average Bonchev–Trinajstić information content (AvgIpc) is 3.01. The Kier molecular flexibility index (Phi) is 4.58. The zero-order valence-electron chi connectivity index (χ0n) is 11.9. The number of hydrogen-bond donors (Lipinski definition) is 1. The van der Waals surface area contributed by atoms with Gasteiger partial charge in [0.2, 0.25) is 11.8 Å². The first-order valence-electron chi connectivity index (χ1n) is 7.03.